The van der Waals surface area contributed by atoms with Crippen LogP contribution in [-0.2, 0) is 10.4 Å². The van der Waals surface area contributed by atoms with E-state index in [1.165, 1.54) is 0 Å². The summed E-state index contributed by atoms with van der Waals surface area (Å²) in [6.45, 7) is 2.92. The van der Waals surface area contributed by atoms with Gasteiger partial charge in [0.2, 0.25) is 0 Å². The van der Waals surface area contributed by atoms with Gasteiger partial charge in [-0.25, -0.2) is 0 Å². The van der Waals surface area contributed by atoms with Crippen LogP contribution in [0.15, 0.2) is 60.7 Å². The highest BCUT2D eigenvalue weighted by atomic mass is 35.5. The summed E-state index contributed by atoms with van der Waals surface area (Å²) in [5.41, 5.74) is -0.427. The first-order valence-corrected chi connectivity index (χ1v) is 7.93. The molecule has 0 bridgehead atoms. The minimum Gasteiger partial charge on any atom is -0.372 e. The lowest BCUT2D eigenvalue weighted by atomic mass is 9.85. The van der Waals surface area contributed by atoms with E-state index in [1.54, 1.807) is 29.2 Å². The van der Waals surface area contributed by atoms with Crippen LogP contribution >= 0.6 is 12.4 Å². The number of nitrogens with zero attached hydrogens (tertiary/aromatic N) is 2. The van der Waals surface area contributed by atoms with Gasteiger partial charge in [-0.3, -0.25) is 4.79 Å². The molecule has 2 aromatic rings. The molecular formula is C19H23ClN2O2. The van der Waals surface area contributed by atoms with E-state index < -0.39 is 5.60 Å². The van der Waals surface area contributed by atoms with Crippen LogP contribution in [-0.4, -0.2) is 54.0 Å². The van der Waals surface area contributed by atoms with Gasteiger partial charge in [-0.15, -0.1) is 12.4 Å². The van der Waals surface area contributed by atoms with E-state index in [0.717, 1.165) is 13.1 Å². The maximum Gasteiger partial charge on any atom is 0.264 e. The molecule has 0 unspecified atom stereocenters. The van der Waals surface area contributed by atoms with Crippen LogP contribution in [0.4, 0.5) is 0 Å². The summed E-state index contributed by atoms with van der Waals surface area (Å²) in [6.07, 6.45) is 0. The number of likely N-dealkylation sites (N-methyl/N-ethyl adjacent to an activating group) is 1. The van der Waals surface area contributed by atoms with E-state index >= 15 is 0 Å². The Morgan fingerprint density at radius 3 is 1.71 bits per heavy atom. The van der Waals surface area contributed by atoms with E-state index in [4.69, 9.17) is 0 Å². The number of hydrogen-bond donors (Lipinski definition) is 1. The van der Waals surface area contributed by atoms with Crippen molar-refractivity contribution in [1.82, 2.24) is 9.80 Å². The van der Waals surface area contributed by atoms with Gasteiger partial charge in [0.15, 0.2) is 5.60 Å². The first-order valence-electron chi connectivity index (χ1n) is 7.93. The van der Waals surface area contributed by atoms with Crippen molar-refractivity contribution >= 4 is 18.3 Å². The van der Waals surface area contributed by atoms with E-state index in [0.29, 0.717) is 24.2 Å². The SMILES string of the molecule is CN1CCN(C(=O)C(O)(c2ccccc2)c2ccccc2)CC1.Cl. The number of halogens is 1. The number of piperazine rings is 1. The Balaban J connectivity index is 0.00000208. The molecule has 0 aliphatic carbocycles. The summed E-state index contributed by atoms with van der Waals surface area (Å²) >= 11 is 0. The van der Waals surface area contributed by atoms with Gasteiger partial charge in [-0.1, -0.05) is 60.7 Å². The first kappa shape index (κ1) is 18.5. The molecule has 4 nitrogen and oxygen atoms in total. The summed E-state index contributed by atoms with van der Waals surface area (Å²) in [5, 5.41) is 11.4. The first-order chi connectivity index (χ1) is 11.1. The molecule has 1 amide bonds. The average molecular weight is 347 g/mol. The summed E-state index contributed by atoms with van der Waals surface area (Å²) in [5.74, 6) is -0.247. The molecule has 0 radical (unpaired) electrons. The fourth-order valence-electron chi connectivity index (χ4n) is 3.01. The van der Waals surface area contributed by atoms with Crippen molar-refractivity contribution < 1.29 is 9.90 Å². The van der Waals surface area contributed by atoms with Crippen molar-refractivity contribution in [3.8, 4) is 0 Å². The van der Waals surface area contributed by atoms with E-state index in [-0.39, 0.29) is 18.3 Å². The van der Waals surface area contributed by atoms with Gasteiger partial charge in [0.25, 0.3) is 5.91 Å². The maximum absolute atomic E-state index is 13.2. The minimum absolute atomic E-state index is 0. The largest absolute Gasteiger partial charge is 0.372 e. The molecule has 24 heavy (non-hydrogen) atoms. The quantitative estimate of drug-likeness (QED) is 0.925. The average Bonchev–Trinajstić information content (AvgIpc) is 2.62. The predicted octanol–water partition coefficient (Wildman–Crippen LogP) is 2.12. The molecule has 0 saturated carbocycles. The molecule has 1 N–H and O–H groups in total. The van der Waals surface area contributed by atoms with E-state index in [1.807, 2.05) is 43.4 Å². The lowest BCUT2D eigenvalue weighted by Crippen LogP contribution is -2.54. The number of aliphatic hydroxyl groups is 1. The highest BCUT2D eigenvalue weighted by Crippen LogP contribution is 2.32. The second-order valence-corrected chi connectivity index (χ2v) is 6.04. The van der Waals surface area contributed by atoms with Crippen LogP contribution < -0.4 is 0 Å². The number of carbonyl (C=O) groups excluding carboxylic acids is 1. The van der Waals surface area contributed by atoms with Crippen molar-refractivity contribution in [1.29, 1.82) is 0 Å². The zero-order valence-electron chi connectivity index (χ0n) is 13.8. The third-order valence-electron chi connectivity index (χ3n) is 4.48. The minimum atomic E-state index is -1.64. The van der Waals surface area contributed by atoms with Crippen LogP contribution in [0.1, 0.15) is 11.1 Å². The van der Waals surface area contributed by atoms with Gasteiger partial charge in [0.1, 0.15) is 0 Å². The third kappa shape index (κ3) is 3.46. The lowest BCUT2D eigenvalue weighted by Gasteiger charge is -2.38. The highest BCUT2D eigenvalue weighted by molar-refractivity contribution is 5.90. The second kappa shape index (κ2) is 7.79. The van der Waals surface area contributed by atoms with Gasteiger partial charge >= 0.3 is 0 Å². The normalized spacial score (nSPS) is 15.7. The fourth-order valence-corrected chi connectivity index (χ4v) is 3.01. The van der Waals surface area contributed by atoms with Crippen LogP contribution in [0.2, 0.25) is 0 Å². The molecule has 1 saturated heterocycles. The number of hydrogen-bond acceptors (Lipinski definition) is 3. The maximum atomic E-state index is 13.2. The van der Waals surface area contributed by atoms with Crippen molar-refractivity contribution in [3.63, 3.8) is 0 Å². The Morgan fingerprint density at radius 1 is 0.875 bits per heavy atom. The number of rotatable bonds is 3. The molecule has 0 atom stereocenters. The summed E-state index contributed by atoms with van der Waals surface area (Å²) in [6, 6.07) is 18.4. The van der Waals surface area contributed by atoms with Crippen molar-refractivity contribution in [3.05, 3.63) is 71.8 Å². The number of amides is 1. The third-order valence-corrected chi connectivity index (χ3v) is 4.48. The molecule has 3 rings (SSSR count). The van der Waals surface area contributed by atoms with Gasteiger partial charge in [-0.05, 0) is 18.2 Å². The zero-order chi connectivity index (χ0) is 16.3. The molecule has 1 aliphatic heterocycles. The molecule has 1 heterocycles. The highest BCUT2D eigenvalue weighted by Gasteiger charge is 2.43. The van der Waals surface area contributed by atoms with Gasteiger partial charge in [0.05, 0.1) is 0 Å². The molecule has 0 aromatic heterocycles. The molecule has 5 heteroatoms. The smallest absolute Gasteiger partial charge is 0.264 e. The second-order valence-electron chi connectivity index (χ2n) is 6.04. The standard InChI is InChI=1S/C19H22N2O2.ClH/c1-20-12-14-21(15-13-20)18(22)19(23,16-8-4-2-5-9-16)17-10-6-3-7-11-17;/h2-11,23H,12-15H2,1H3;1H. The summed E-state index contributed by atoms with van der Waals surface area (Å²) < 4.78 is 0. The number of carbonyl (C=O) groups is 1. The van der Waals surface area contributed by atoms with Gasteiger partial charge in [-0.2, -0.15) is 0 Å². The van der Waals surface area contributed by atoms with Gasteiger partial charge in [0, 0.05) is 26.2 Å². The Hall–Kier alpha value is -1.88. The van der Waals surface area contributed by atoms with Crippen LogP contribution in [0.25, 0.3) is 0 Å². The molecule has 1 aliphatic rings. The Kier molecular flexibility index (Phi) is 5.99. The molecule has 0 spiro atoms. The van der Waals surface area contributed by atoms with Gasteiger partial charge < -0.3 is 14.9 Å². The lowest BCUT2D eigenvalue weighted by molar-refractivity contribution is -0.149. The van der Waals surface area contributed by atoms with E-state index in [9.17, 15) is 9.90 Å². The van der Waals surface area contributed by atoms with Crippen LogP contribution in [0, 0.1) is 0 Å². The monoisotopic (exact) mass is 346 g/mol. The Labute approximate surface area is 149 Å². The van der Waals surface area contributed by atoms with Crippen molar-refractivity contribution in [2.75, 3.05) is 33.2 Å². The molecule has 128 valence electrons. The topological polar surface area (TPSA) is 43.8 Å². The number of benzene rings is 2. The summed E-state index contributed by atoms with van der Waals surface area (Å²) in [4.78, 5) is 17.1. The molecule has 2 aromatic carbocycles. The Bertz CT molecular complexity index is 616. The fraction of sp³-hybridized carbons (Fsp3) is 0.316. The van der Waals surface area contributed by atoms with Crippen molar-refractivity contribution in [2.24, 2.45) is 0 Å². The summed E-state index contributed by atoms with van der Waals surface area (Å²) in [7, 11) is 2.04. The Morgan fingerprint density at radius 2 is 1.29 bits per heavy atom. The molecule has 1 fully saturated rings. The zero-order valence-corrected chi connectivity index (χ0v) is 14.6. The molecular weight excluding hydrogens is 324 g/mol. The van der Waals surface area contributed by atoms with Crippen molar-refractivity contribution in [2.45, 2.75) is 5.60 Å². The van der Waals surface area contributed by atoms with Crippen LogP contribution in [0.3, 0.4) is 0 Å². The van der Waals surface area contributed by atoms with Crippen LogP contribution in [0.5, 0.6) is 0 Å². The predicted molar refractivity (Wildman–Crippen MR) is 97.2 cm³/mol. The van der Waals surface area contributed by atoms with E-state index in [2.05, 4.69) is 4.90 Å².